The first-order valence-electron chi connectivity index (χ1n) is 4.90. The molecule has 1 amide bonds. The molecule has 1 unspecified atom stereocenters. The summed E-state index contributed by atoms with van der Waals surface area (Å²) < 4.78 is 0. The molecule has 14 heavy (non-hydrogen) atoms. The molecule has 0 aliphatic carbocycles. The SMILES string of the molecule is CC(C#N)CN(C)C(=O)CC(C)(C)C. The van der Waals surface area contributed by atoms with Gasteiger partial charge in [-0.25, -0.2) is 0 Å². The van der Waals surface area contributed by atoms with Crippen molar-refractivity contribution in [2.45, 2.75) is 34.1 Å². The maximum Gasteiger partial charge on any atom is 0.222 e. The van der Waals surface area contributed by atoms with E-state index in [1.807, 2.05) is 27.7 Å². The lowest BCUT2D eigenvalue weighted by Crippen LogP contribution is -2.33. The molecule has 0 fully saturated rings. The first-order chi connectivity index (χ1) is 6.26. The molecule has 0 aliphatic heterocycles. The number of amides is 1. The van der Waals surface area contributed by atoms with Gasteiger partial charge in [0.1, 0.15) is 0 Å². The fraction of sp³-hybridized carbons (Fsp3) is 0.818. The predicted octanol–water partition coefficient (Wildman–Crippen LogP) is 2.04. The van der Waals surface area contributed by atoms with Crippen molar-refractivity contribution in [3.63, 3.8) is 0 Å². The Labute approximate surface area is 86.7 Å². The molecule has 0 saturated carbocycles. The largest absolute Gasteiger partial charge is 0.344 e. The van der Waals surface area contributed by atoms with Gasteiger partial charge in [0.2, 0.25) is 5.91 Å². The Kier molecular flexibility index (Phi) is 4.62. The lowest BCUT2D eigenvalue weighted by atomic mass is 9.91. The summed E-state index contributed by atoms with van der Waals surface area (Å²) >= 11 is 0. The highest BCUT2D eigenvalue weighted by Crippen LogP contribution is 2.19. The van der Waals surface area contributed by atoms with Gasteiger partial charge in [0.25, 0.3) is 0 Å². The van der Waals surface area contributed by atoms with Gasteiger partial charge in [-0.05, 0) is 12.3 Å². The lowest BCUT2D eigenvalue weighted by Gasteiger charge is -2.23. The molecule has 0 saturated heterocycles. The van der Waals surface area contributed by atoms with Crippen LogP contribution in [-0.4, -0.2) is 24.4 Å². The monoisotopic (exact) mass is 196 g/mol. The number of carbonyl (C=O) groups is 1. The van der Waals surface area contributed by atoms with Crippen LogP contribution < -0.4 is 0 Å². The number of nitriles is 1. The van der Waals surface area contributed by atoms with Crippen molar-refractivity contribution in [3.8, 4) is 6.07 Å². The Balaban J connectivity index is 4.08. The van der Waals surface area contributed by atoms with E-state index in [4.69, 9.17) is 5.26 Å². The third kappa shape index (κ3) is 5.58. The summed E-state index contributed by atoms with van der Waals surface area (Å²) in [4.78, 5) is 13.3. The van der Waals surface area contributed by atoms with E-state index < -0.39 is 0 Å². The molecule has 0 radical (unpaired) electrons. The van der Waals surface area contributed by atoms with Crippen LogP contribution in [0.15, 0.2) is 0 Å². The molecule has 80 valence electrons. The molecule has 1 atom stereocenters. The highest BCUT2D eigenvalue weighted by atomic mass is 16.2. The van der Waals surface area contributed by atoms with Crippen LogP contribution in [-0.2, 0) is 4.79 Å². The number of hydrogen-bond acceptors (Lipinski definition) is 2. The van der Waals surface area contributed by atoms with Crippen molar-refractivity contribution < 1.29 is 4.79 Å². The zero-order chi connectivity index (χ0) is 11.4. The third-order valence-corrected chi connectivity index (χ3v) is 1.88. The Bertz CT molecular complexity index is 235. The van der Waals surface area contributed by atoms with Crippen LogP contribution in [0, 0.1) is 22.7 Å². The topological polar surface area (TPSA) is 44.1 Å². The standard InChI is InChI=1S/C11H20N2O/c1-9(7-12)8-13(5)10(14)6-11(2,3)4/h9H,6,8H2,1-5H3. The van der Waals surface area contributed by atoms with Gasteiger partial charge in [-0.15, -0.1) is 0 Å². The fourth-order valence-electron chi connectivity index (χ4n) is 1.14. The molecule has 0 heterocycles. The summed E-state index contributed by atoms with van der Waals surface area (Å²) in [6.07, 6.45) is 0.529. The summed E-state index contributed by atoms with van der Waals surface area (Å²) in [6.45, 7) is 8.44. The van der Waals surface area contributed by atoms with E-state index in [2.05, 4.69) is 6.07 Å². The molecule has 0 aliphatic rings. The van der Waals surface area contributed by atoms with Crippen LogP contribution in [0.25, 0.3) is 0 Å². The molecule has 0 bridgehead atoms. The van der Waals surface area contributed by atoms with Crippen molar-refractivity contribution >= 4 is 5.91 Å². The fourth-order valence-corrected chi connectivity index (χ4v) is 1.14. The van der Waals surface area contributed by atoms with Crippen LogP contribution >= 0.6 is 0 Å². The average molecular weight is 196 g/mol. The summed E-state index contributed by atoms with van der Waals surface area (Å²) in [5.74, 6) is 0.0171. The van der Waals surface area contributed by atoms with Crippen LogP contribution in [0.5, 0.6) is 0 Å². The van der Waals surface area contributed by atoms with Gasteiger partial charge in [-0.1, -0.05) is 20.8 Å². The second-order valence-corrected chi connectivity index (χ2v) is 5.04. The molecule has 0 aromatic rings. The van der Waals surface area contributed by atoms with Crippen molar-refractivity contribution in [2.24, 2.45) is 11.3 Å². The molecule has 0 rings (SSSR count). The Morgan fingerprint density at radius 3 is 2.36 bits per heavy atom. The number of hydrogen-bond donors (Lipinski definition) is 0. The van der Waals surface area contributed by atoms with Crippen LogP contribution in [0.4, 0.5) is 0 Å². The van der Waals surface area contributed by atoms with Gasteiger partial charge >= 0.3 is 0 Å². The van der Waals surface area contributed by atoms with E-state index in [0.29, 0.717) is 13.0 Å². The number of nitrogens with zero attached hydrogens (tertiary/aromatic N) is 2. The molecular formula is C11H20N2O. The normalized spacial score (nSPS) is 13.1. The molecule has 0 aromatic carbocycles. The molecule has 0 aromatic heterocycles. The minimum Gasteiger partial charge on any atom is -0.344 e. The molecule has 0 N–H and O–H groups in total. The lowest BCUT2D eigenvalue weighted by molar-refractivity contribution is -0.132. The first kappa shape index (κ1) is 13.0. The minimum atomic E-state index is -0.0936. The van der Waals surface area contributed by atoms with Crippen molar-refractivity contribution in [1.29, 1.82) is 5.26 Å². The highest BCUT2D eigenvalue weighted by Gasteiger charge is 2.19. The summed E-state index contributed by atoms with van der Waals surface area (Å²) in [7, 11) is 1.75. The van der Waals surface area contributed by atoms with Crippen molar-refractivity contribution in [2.75, 3.05) is 13.6 Å². The molecule has 0 spiro atoms. The Hall–Kier alpha value is -1.04. The van der Waals surface area contributed by atoms with Crippen molar-refractivity contribution in [1.82, 2.24) is 4.90 Å². The quantitative estimate of drug-likeness (QED) is 0.693. The van der Waals surface area contributed by atoms with Gasteiger partial charge in [0.15, 0.2) is 0 Å². The van der Waals surface area contributed by atoms with Gasteiger partial charge < -0.3 is 4.90 Å². The van der Waals surface area contributed by atoms with Gasteiger partial charge in [0, 0.05) is 20.0 Å². The minimum absolute atomic E-state index is 0.0151. The van der Waals surface area contributed by atoms with Crippen molar-refractivity contribution in [3.05, 3.63) is 0 Å². The maximum atomic E-state index is 11.6. The molecular weight excluding hydrogens is 176 g/mol. The maximum absolute atomic E-state index is 11.6. The summed E-state index contributed by atoms with van der Waals surface area (Å²) in [6, 6.07) is 2.12. The summed E-state index contributed by atoms with van der Waals surface area (Å²) in [5.41, 5.74) is 0.0151. The molecule has 3 heteroatoms. The van der Waals surface area contributed by atoms with Gasteiger partial charge in [0.05, 0.1) is 12.0 Å². The molecule has 3 nitrogen and oxygen atoms in total. The van der Waals surface area contributed by atoms with E-state index in [9.17, 15) is 4.79 Å². The van der Waals surface area contributed by atoms with Gasteiger partial charge in [-0.2, -0.15) is 5.26 Å². The zero-order valence-electron chi connectivity index (χ0n) is 9.79. The van der Waals surface area contributed by atoms with Crippen LogP contribution in [0.1, 0.15) is 34.1 Å². The second-order valence-electron chi connectivity index (χ2n) is 5.04. The third-order valence-electron chi connectivity index (χ3n) is 1.88. The Morgan fingerprint density at radius 1 is 1.50 bits per heavy atom. The number of rotatable bonds is 3. The van der Waals surface area contributed by atoms with E-state index in [-0.39, 0.29) is 17.2 Å². The second kappa shape index (κ2) is 4.99. The first-order valence-corrected chi connectivity index (χ1v) is 4.90. The zero-order valence-corrected chi connectivity index (χ0v) is 9.79. The highest BCUT2D eigenvalue weighted by molar-refractivity contribution is 5.76. The van der Waals surface area contributed by atoms with E-state index >= 15 is 0 Å². The summed E-state index contributed by atoms with van der Waals surface area (Å²) in [5, 5.41) is 8.61. The van der Waals surface area contributed by atoms with E-state index in [1.54, 1.807) is 11.9 Å². The van der Waals surface area contributed by atoms with E-state index in [0.717, 1.165) is 0 Å². The smallest absolute Gasteiger partial charge is 0.222 e. The van der Waals surface area contributed by atoms with Gasteiger partial charge in [-0.3, -0.25) is 4.79 Å². The number of carbonyl (C=O) groups excluding carboxylic acids is 1. The van der Waals surface area contributed by atoms with Crippen LogP contribution in [0.2, 0.25) is 0 Å². The average Bonchev–Trinajstić information content (AvgIpc) is 2.00. The van der Waals surface area contributed by atoms with E-state index in [1.165, 1.54) is 0 Å². The Morgan fingerprint density at radius 2 is 2.00 bits per heavy atom. The van der Waals surface area contributed by atoms with Crippen LogP contribution in [0.3, 0.4) is 0 Å². The predicted molar refractivity (Wildman–Crippen MR) is 56.5 cm³/mol.